The van der Waals surface area contributed by atoms with Crippen molar-refractivity contribution in [2.75, 3.05) is 0 Å². The maximum absolute atomic E-state index is 11.2. The molecule has 0 radical (unpaired) electrons. The number of hydrogen-bond donors (Lipinski definition) is 3. The van der Waals surface area contributed by atoms with Crippen molar-refractivity contribution in [3.8, 4) is 11.1 Å². The zero-order chi connectivity index (χ0) is 15.6. The summed E-state index contributed by atoms with van der Waals surface area (Å²) in [7, 11) is 0. The molecular formula is C13H8N2O6. The molecule has 2 aromatic rings. The lowest BCUT2D eigenvalue weighted by Gasteiger charge is -2.08. The van der Waals surface area contributed by atoms with Gasteiger partial charge in [0.1, 0.15) is 5.69 Å². The minimum absolute atomic E-state index is 0.0157. The Hall–Kier alpha value is -3.29. The molecule has 0 amide bonds. The second kappa shape index (κ2) is 5.37. The zero-order valence-corrected chi connectivity index (χ0v) is 10.3. The molecular weight excluding hydrogens is 280 g/mol. The van der Waals surface area contributed by atoms with E-state index in [4.69, 9.17) is 15.3 Å². The predicted octanol–water partition coefficient (Wildman–Crippen LogP) is 1.24. The number of nitrogens with zero attached hydrogens (tertiary/aromatic N) is 2. The average Bonchev–Trinajstić information content (AvgIpc) is 2.46. The van der Waals surface area contributed by atoms with Crippen LogP contribution < -0.4 is 0 Å². The highest BCUT2D eigenvalue weighted by atomic mass is 16.4. The van der Waals surface area contributed by atoms with E-state index in [1.54, 1.807) is 0 Å². The normalized spacial score (nSPS) is 10.1. The maximum atomic E-state index is 11.2. The number of carboxylic acids is 3. The van der Waals surface area contributed by atoms with Gasteiger partial charge in [-0.3, -0.25) is 0 Å². The predicted molar refractivity (Wildman–Crippen MR) is 68.3 cm³/mol. The summed E-state index contributed by atoms with van der Waals surface area (Å²) in [5.41, 5.74) is -1.31. The van der Waals surface area contributed by atoms with Gasteiger partial charge in [0.25, 0.3) is 0 Å². The Labute approximate surface area is 117 Å². The minimum Gasteiger partial charge on any atom is -0.477 e. The molecule has 106 valence electrons. The van der Waals surface area contributed by atoms with E-state index in [0.29, 0.717) is 0 Å². The van der Waals surface area contributed by atoms with Crippen molar-refractivity contribution in [1.82, 2.24) is 9.97 Å². The van der Waals surface area contributed by atoms with Crippen molar-refractivity contribution in [2.24, 2.45) is 0 Å². The lowest BCUT2D eigenvalue weighted by molar-refractivity contribution is 0.0671. The third-order valence-electron chi connectivity index (χ3n) is 2.62. The van der Waals surface area contributed by atoms with Crippen LogP contribution in [0.15, 0.2) is 30.5 Å². The van der Waals surface area contributed by atoms with Crippen LogP contribution in [0.1, 0.15) is 31.5 Å². The van der Waals surface area contributed by atoms with Gasteiger partial charge in [-0.15, -0.1) is 0 Å². The minimum atomic E-state index is -1.46. The van der Waals surface area contributed by atoms with Gasteiger partial charge in [-0.05, 0) is 18.2 Å². The van der Waals surface area contributed by atoms with Gasteiger partial charge < -0.3 is 15.3 Å². The highest BCUT2D eigenvalue weighted by molar-refractivity contribution is 6.00. The van der Waals surface area contributed by atoms with Crippen LogP contribution in [-0.2, 0) is 0 Å². The van der Waals surface area contributed by atoms with Crippen LogP contribution in [0.2, 0.25) is 0 Å². The monoisotopic (exact) mass is 288 g/mol. The molecule has 3 N–H and O–H groups in total. The van der Waals surface area contributed by atoms with Crippen LogP contribution in [0.4, 0.5) is 0 Å². The van der Waals surface area contributed by atoms with Gasteiger partial charge in [0.2, 0.25) is 0 Å². The van der Waals surface area contributed by atoms with E-state index in [1.165, 1.54) is 24.4 Å². The van der Waals surface area contributed by atoms with E-state index < -0.39 is 29.3 Å². The van der Waals surface area contributed by atoms with Crippen molar-refractivity contribution >= 4 is 17.9 Å². The molecule has 0 aliphatic carbocycles. The Morgan fingerprint density at radius 3 is 2.00 bits per heavy atom. The highest BCUT2D eigenvalue weighted by Gasteiger charge is 2.21. The SMILES string of the molecule is O=C(O)c1ccc(-c2cccnc2C(=O)O)c(C(=O)O)n1. The van der Waals surface area contributed by atoms with Crippen LogP contribution in [0, 0.1) is 0 Å². The largest absolute Gasteiger partial charge is 0.477 e. The molecule has 8 heteroatoms. The van der Waals surface area contributed by atoms with Crippen LogP contribution in [0.25, 0.3) is 11.1 Å². The highest BCUT2D eigenvalue weighted by Crippen LogP contribution is 2.25. The summed E-state index contributed by atoms with van der Waals surface area (Å²) >= 11 is 0. The number of hydrogen-bond acceptors (Lipinski definition) is 5. The molecule has 0 atom stereocenters. The van der Waals surface area contributed by atoms with Crippen molar-refractivity contribution < 1.29 is 29.7 Å². The molecule has 0 fully saturated rings. The molecule has 0 saturated carbocycles. The average molecular weight is 288 g/mol. The summed E-state index contributed by atoms with van der Waals surface area (Å²) < 4.78 is 0. The number of carboxylic acid groups (broad SMARTS) is 3. The van der Waals surface area contributed by atoms with Crippen molar-refractivity contribution in [1.29, 1.82) is 0 Å². The van der Waals surface area contributed by atoms with Crippen LogP contribution in [-0.4, -0.2) is 43.2 Å². The smallest absolute Gasteiger partial charge is 0.355 e. The number of pyridine rings is 2. The fraction of sp³-hybridized carbons (Fsp3) is 0. The summed E-state index contributed by atoms with van der Waals surface area (Å²) in [6, 6.07) is 5.12. The number of rotatable bonds is 4. The molecule has 2 rings (SSSR count). The Bertz CT molecular complexity index is 756. The number of carbonyl (C=O) groups is 3. The molecule has 8 nitrogen and oxygen atoms in total. The lowest BCUT2D eigenvalue weighted by Crippen LogP contribution is -2.11. The number of aromatic carboxylic acids is 3. The molecule has 0 aliphatic rings. The van der Waals surface area contributed by atoms with Crippen molar-refractivity contribution in [3.63, 3.8) is 0 Å². The van der Waals surface area contributed by atoms with Crippen LogP contribution in [0.3, 0.4) is 0 Å². The quantitative estimate of drug-likeness (QED) is 0.763. The second-order valence-corrected chi connectivity index (χ2v) is 3.91. The molecule has 0 spiro atoms. The van der Waals surface area contributed by atoms with Gasteiger partial charge in [-0.25, -0.2) is 24.4 Å². The summed E-state index contributed by atoms with van der Waals surface area (Å²) in [4.78, 5) is 40.4. The molecule has 0 aromatic carbocycles. The van der Waals surface area contributed by atoms with E-state index in [-0.39, 0.29) is 16.8 Å². The maximum Gasteiger partial charge on any atom is 0.355 e. The van der Waals surface area contributed by atoms with Crippen LogP contribution in [0.5, 0.6) is 0 Å². The first kappa shape index (κ1) is 14.1. The first-order chi connectivity index (χ1) is 9.91. The van der Waals surface area contributed by atoms with Crippen molar-refractivity contribution in [2.45, 2.75) is 0 Å². The van der Waals surface area contributed by atoms with E-state index in [9.17, 15) is 14.4 Å². The molecule has 2 heterocycles. The molecule has 0 aliphatic heterocycles. The lowest BCUT2D eigenvalue weighted by atomic mass is 10.0. The second-order valence-electron chi connectivity index (χ2n) is 3.91. The molecule has 21 heavy (non-hydrogen) atoms. The van der Waals surface area contributed by atoms with Crippen LogP contribution >= 0.6 is 0 Å². The van der Waals surface area contributed by atoms with Gasteiger partial charge in [-0.2, -0.15) is 0 Å². The summed E-state index contributed by atoms with van der Waals surface area (Å²) in [5, 5.41) is 27.0. The molecule has 0 saturated heterocycles. The Morgan fingerprint density at radius 1 is 0.810 bits per heavy atom. The molecule has 0 bridgehead atoms. The first-order valence-electron chi connectivity index (χ1n) is 5.58. The molecule has 2 aromatic heterocycles. The standard InChI is InChI=1S/C13H8N2O6/c16-11(17)8-4-3-7(10(15-8)13(20)21)6-2-1-5-14-9(6)12(18)19/h1-5H,(H,16,17)(H,18,19)(H,20,21). The fourth-order valence-corrected chi connectivity index (χ4v) is 1.75. The van der Waals surface area contributed by atoms with E-state index >= 15 is 0 Å². The van der Waals surface area contributed by atoms with E-state index in [1.807, 2.05) is 0 Å². The third-order valence-corrected chi connectivity index (χ3v) is 2.62. The van der Waals surface area contributed by atoms with Gasteiger partial charge in [0.05, 0.1) is 0 Å². The van der Waals surface area contributed by atoms with Gasteiger partial charge in [-0.1, -0.05) is 6.07 Å². The Kier molecular flexibility index (Phi) is 3.61. The van der Waals surface area contributed by atoms with Crippen molar-refractivity contribution in [3.05, 3.63) is 47.5 Å². The van der Waals surface area contributed by atoms with E-state index in [0.717, 1.165) is 6.07 Å². The number of aromatic nitrogens is 2. The summed E-state index contributed by atoms with van der Waals surface area (Å²) in [6.07, 6.45) is 1.26. The van der Waals surface area contributed by atoms with E-state index in [2.05, 4.69) is 9.97 Å². The van der Waals surface area contributed by atoms with Gasteiger partial charge >= 0.3 is 17.9 Å². The van der Waals surface area contributed by atoms with Gasteiger partial charge in [0.15, 0.2) is 11.4 Å². The Balaban J connectivity index is 2.72. The topological polar surface area (TPSA) is 138 Å². The fourth-order valence-electron chi connectivity index (χ4n) is 1.75. The summed E-state index contributed by atoms with van der Waals surface area (Å²) in [6.45, 7) is 0. The zero-order valence-electron chi connectivity index (χ0n) is 10.3. The first-order valence-corrected chi connectivity index (χ1v) is 5.58. The summed E-state index contributed by atoms with van der Waals surface area (Å²) in [5.74, 6) is -4.17. The Morgan fingerprint density at radius 2 is 1.43 bits per heavy atom. The third kappa shape index (κ3) is 2.68. The molecule has 0 unspecified atom stereocenters. The van der Waals surface area contributed by atoms with Gasteiger partial charge in [0, 0.05) is 17.3 Å².